The highest BCUT2D eigenvalue weighted by Crippen LogP contribution is 2.24. The van der Waals surface area contributed by atoms with Crippen molar-refractivity contribution >= 4 is 33.0 Å². The number of hydrogen-bond acceptors (Lipinski definition) is 4. The van der Waals surface area contributed by atoms with Crippen molar-refractivity contribution < 1.29 is 13.2 Å². The smallest absolute Gasteiger partial charge is 0.254 e. The van der Waals surface area contributed by atoms with E-state index in [0.29, 0.717) is 23.6 Å². The van der Waals surface area contributed by atoms with Gasteiger partial charge in [0.15, 0.2) is 9.84 Å². The Kier molecular flexibility index (Phi) is 5.77. The first-order chi connectivity index (χ1) is 12.7. The first-order valence-corrected chi connectivity index (χ1v) is 11.0. The Bertz CT molecular complexity index is 909. The van der Waals surface area contributed by atoms with E-state index in [9.17, 15) is 13.2 Å². The average molecular weight is 407 g/mol. The van der Waals surface area contributed by atoms with Crippen molar-refractivity contribution in [2.45, 2.75) is 19.0 Å². The van der Waals surface area contributed by atoms with Gasteiger partial charge in [-0.2, -0.15) is 0 Å². The normalized spacial score (nSPS) is 18.3. The molecule has 0 aliphatic carbocycles. The summed E-state index contributed by atoms with van der Waals surface area (Å²) >= 11 is 5.92. The van der Waals surface area contributed by atoms with Gasteiger partial charge in [0.1, 0.15) is 0 Å². The Morgan fingerprint density at radius 2 is 1.70 bits per heavy atom. The van der Waals surface area contributed by atoms with E-state index in [1.54, 1.807) is 29.2 Å². The molecule has 3 rings (SSSR count). The fraction of sp³-hybridized carbons (Fsp3) is 0.350. The van der Waals surface area contributed by atoms with Gasteiger partial charge in [-0.25, -0.2) is 8.42 Å². The van der Waals surface area contributed by atoms with Crippen LogP contribution in [0.5, 0.6) is 0 Å². The molecular formula is C20H23ClN2O3S. The molecule has 0 saturated carbocycles. The number of amides is 1. The Morgan fingerprint density at radius 1 is 1.07 bits per heavy atom. The van der Waals surface area contributed by atoms with Crippen LogP contribution in [0.25, 0.3) is 0 Å². The van der Waals surface area contributed by atoms with Gasteiger partial charge in [-0.15, -0.1) is 0 Å². The number of hydrogen-bond donors (Lipinski definition) is 0. The third-order valence-electron chi connectivity index (χ3n) is 4.81. The van der Waals surface area contributed by atoms with Crippen LogP contribution in [0.1, 0.15) is 22.3 Å². The van der Waals surface area contributed by atoms with Gasteiger partial charge >= 0.3 is 0 Å². The molecule has 1 fully saturated rings. The summed E-state index contributed by atoms with van der Waals surface area (Å²) in [6, 6.07) is 14.3. The molecule has 7 heteroatoms. The summed E-state index contributed by atoms with van der Waals surface area (Å²) in [4.78, 5) is 16.8. The molecule has 1 saturated heterocycles. The number of anilines is 1. The van der Waals surface area contributed by atoms with Crippen molar-refractivity contribution in [2.24, 2.45) is 0 Å². The number of nitrogens with zero attached hydrogens (tertiary/aromatic N) is 2. The highest BCUT2D eigenvalue weighted by Gasteiger charge is 2.35. The quantitative estimate of drug-likeness (QED) is 0.764. The molecule has 144 valence electrons. The minimum atomic E-state index is -3.09. The summed E-state index contributed by atoms with van der Waals surface area (Å²) in [7, 11) is 0.839. The summed E-state index contributed by atoms with van der Waals surface area (Å²) in [5.74, 6) is -0.0329. The van der Waals surface area contributed by atoms with E-state index >= 15 is 0 Å². The Labute approximate surface area is 165 Å². The number of rotatable bonds is 5. The lowest BCUT2D eigenvalue weighted by Crippen LogP contribution is -2.40. The van der Waals surface area contributed by atoms with E-state index in [-0.39, 0.29) is 23.5 Å². The van der Waals surface area contributed by atoms with Gasteiger partial charge in [-0.05, 0) is 48.4 Å². The molecule has 0 spiro atoms. The average Bonchev–Trinajstić information content (AvgIpc) is 2.99. The Balaban J connectivity index is 1.87. The van der Waals surface area contributed by atoms with Gasteiger partial charge in [-0.3, -0.25) is 4.79 Å². The summed E-state index contributed by atoms with van der Waals surface area (Å²) in [5.41, 5.74) is 2.54. The van der Waals surface area contributed by atoms with Gasteiger partial charge < -0.3 is 9.80 Å². The summed E-state index contributed by atoms with van der Waals surface area (Å²) in [5, 5.41) is 0.556. The monoisotopic (exact) mass is 406 g/mol. The molecule has 0 aromatic heterocycles. The molecule has 5 nitrogen and oxygen atoms in total. The van der Waals surface area contributed by atoms with Crippen LogP contribution in [0.3, 0.4) is 0 Å². The second-order valence-corrected chi connectivity index (χ2v) is 9.72. The van der Waals surface area contributed by atoms with Crippen molar-refractivity contribution in [1.82, 2.24) is 4.90 Å². The van der Waals surface area contributed by atoms with Gasteiger partial charge in [0.05, 0.1) is 11.5 Å². The van der Waals surface area contributed by atoms with Crippen molar-refractivity contribution in [2.75, 3.05) is 30.5 Å². The molecule has 1 atom stereocenters. The van der Waals surface area contributed by atoms with Crippen LogP contribution in [0.2, 0.25) is 5.02 Å². The second kappa shape index (κ2) is 7.90. The lowest BCUT2D eigenvalue weighted by molar-refractivity contribution is 0.0681. The van der Waals surface area contributed by atoms with Crippen LogP contribution in [-0.2, 0) is 16.4 Å². The first kappa shape index (κ1) is 19.7. The van der Waals surface area contributed by atoms with Crippen LogP contribution in [-0.4, -0.2) is 50.9 Å². The van der Waals surface area contributed by atoms with Crippen LogP contribution >= 0.6 is 11.6 Å². The van der Waals surface area contributed by atoms with E-state index in [1.807, 2.05) is 43.3 Å². The standard InChI is InChI=1S/C20H23ClN2O3S/c1-22(2)18-9-3-15(4-10-18)13-23(19-11-12-27(25,26)14-19)20(24)16-5-7-17(21)8-6-16/h3-10,19H,11-14H2,1-2H3. The number of benzene rings is 2. The summed E-state index contributed by atoms with van der Waals surface area (Å²) in [6.07, 6.45) is 0.470. The largest absolute Gasteiger partial charge is 0.378 e. The van der Waals surface area contributed by atoms with Crippen LogP contribution in [0.4, 0.5) is 5.69 Å². The van der Waals surface area contributed by atoms with Gasteiger partial charge in [0.2, 0.25) is 0 Å². The molecule has 1 aliphatic heterocycles. The van der Waals surface area contributed by atoms with Crippen LogP contribution < -0.4 is 4.90 Å². The molecular weight excluding hydrogens is 384 g/mol. The molecule has 0 radical (unpaired) electrons. The number of sulfone groups is 1. The number of carbonyl (C=O) groups is 1. The number of carbonyl (C=O) groups excluding carboxylic acids is 1. The topological polar surface area (TPSA) is 57.7 Å². The fourth-order valence-electron chi connectivity index (χ4n) is 3.24. The molecule has 1 amide bonds. The van der Waals surface area contributed by atoms with E-state index in [4.69, 9.17) is 11.6 Å². The van der Waals surface area contributed by atoms with Gasteiger partial charge in [0.25, 0.3) is 5.91 Å². The maximum atomic E-state index is 13.1. The predicted molar refractivity (Wildman–Crippen MR) is 109 cm³/mol. The minimum Gasteiger partial charge on any atom is -0.378 e. The second-order valence-electron chi connectivity index (χ2n) is 7.06. The van der Waals surface area contributed by atoms with Crippen LogP contribution in [0, 0.1) is 0 Å². The summed E-state index contributed by atoms with van der Waals surface area (Å²) in [6.45, 7) is 0.370. The maximum Gasteiger partial charge on any atom is 0.254 e. The lowest BCUT2D eigenvalue weighted by atomic mass is 10.1. The van der Waals surface area contributed by atoms with Crippen LogP contribution in [0.15, 0.2) is 48.5 Å². The van der Waals surface area contributed by atoms with Crippen molar-refractivity contribution in [1.29, 1.82) is 0 Å². The molecule has 0 N–H and O–H groups in total. The third-order valence-corrected chi connectivity index (χ3v) is 6.81. The van der Waals surface area contributed by atoms with E-state index in [2.05, 4.69) is 0 Å². The zero-order chi connectivity index (χ0) is 19.6. The number of halogens is 1. The highest BCUT2D eigenvalue weighted by atomic mass is 35.5. The minimum absolute atomic E-state index is 0.0160. The molecule has 1 heterocycles. The third kappa shape index (κ3) is 4.82. The summed E-state index contributed by atoms with van der Waals surface area (Å²) < 4.78 is 23.9. The lowest BCUT2D eigenvalue weighted by Gasteiger charge is -2.29. The van der Waals surface area contributed by atoms with Gasteiger partial charge in [0, 0.05) is 43.0 Å². The van der Waals surface area contributed by atoms with E-state index in [0.717, 1.165) is 11.3 Å². The maximum absolute atomic E-state index is 13.1. The molecule has 2 aromatic carbocycles. The zero-order valence-electron chi connectivity index (χ0n) is 15.4. The molecule has 0 bridgehead atoms. The van der Waals surface area contributed by atoms with E-state index in [1.165, 1.54) is 0 Å². The first-order valence-electron chi connectivity index (χ1n) is 8.78. The van der Waals surface area contributed by atoms with Gasteiger partial charge in [-0.1, -0.05) is 23.7 Å². The molecule has 27 heavy (non-hydrogen) atoms. The highest BCUT2D eigenvalue weighted by molar-refractivity contribution is 7.91. The fourth-order valence-corrected chi connectivity index (χ4v) is 5.10. The molecule has 1 aliphatic rings. The zero-order valence-corrected chi connectivity index (χ0v) is 17.0. The molecule has 2 aromatic rings. The van der Waals surface area contributed by atoms with Crippen molar-refractivity contribution in [3.8, 4) is 0 Å². The Morgan fingerprint density at radius 3 is 2.22 bits per heavy atom. The van der Waals surface area contributed by atoms with Crippen molar-refractivity contribution in [3.05, 3.63) is 64.7 Å². The Hall–Kier alpha value is -2.05. The SMILES string of the molecule is CN(C)c1ccc(CN(C(=O)c2ccc(Cl)cc2)C2CCS(=O)(=O)C2)cc1. The predicted octanol–water partition coefficient (Wildman–Crippen LogP) is 3.24. The van der Waals surface area contributed by atoms with E-state index < -0.39 is 9.84 Å². The molecule has 1 unspecified atom stereocenters. The van der Waals surface area contributed by atoms with Crippen molar-refractivity contribution in [3.63, 3.8) is 0 Å².